The first-order valence-electron chi connectivity index (χ1n) is 12.0. The lowest BCUT2D eigenvalue weighted by Crippen LogP contribution is -2.21. The number of aryl methyl sites for hydroxylation is 3. The molecule has 1 aliphatic rings. The second-order valence-electron chi connectivity index (χ2n) is 8.85. The number of thiophene rings is 1. The molecule has 4 aromatic rings. The van der Waals surface area contributed by atoms with E-state index in [-0.39, 0.29) is 18.4 Å². The van der Waals surface area contributed by atoms with Gasteiger partial charge in [0, 0.05) is 16.5 Å². The number of fused-ring (bicyclic) bond motifs is 2. The van der Waals surface area contributed by atoms with E-state index in [2.05, 4.69) is 46.6 Å². The maximum atomic E-state index is 13.1. The van der Waals surface area contributed by atoms with Crippen LogP contribution in [0.3, 0.4) is 0 Å². The molecule has 1 amide bonds. The van der Waals surface area contributed by atoms with Gasteiger partial charge in [-0.15, -0.1) is 11.3 Å². The number of pyridine rings is 1. The van der Waals surface area contributed by atoms with Crippen molar-refractivity contribution in [2.24, 2.45) is 0 Å². The predicted molar refractivity (Wildman–Crippen MR) is 138 cm³/mol. The molecule has 1 aromatic carbocycles. The fraction of sp³-hybridized carbons (Fsp3) is 0.333. The summed E-state index contributed by atoms with van der Waals surface area (Å²) in [5, 5.41) is 9.11. The Hall–Kier alpha value is -3.52. The largest absolute Gasteiger partial charge is 0.462 e. The number of nitrogens with zero attached hydrogens (tertiary/aromatic N) is 3. The molecule has 1 N–H and O–H groups in total. The van der Waals surface area contributed by atoms with Gasteiger partial charge >= 0.3 is 5.97 Å². The number of ether oxygens (including phenoxy) is 1. The first-order chi connectivity index (χ1) is 17.0. The van der Waals surface area contributed by atoms with Crippen LogP contribution in [-0.4, -0.2) is 33.2 Å². The topological polar surface area (TPSA) is 86.1 Å². The Morgan fingerprint density at radius 1 is 1.11 bits per heavy atom. The van der Waals surface area contributed by atoms with Gasteiger partial charge in [-0.1, -0.05) is 29.8 Å². The molecule has 0 aliphatic heterocycles. The maximum absolute atomic E-state index is 13.1. The van der Waals surface area contributed by atoms with Crippen LogP contribution < -0.4 is 5.32 Å². The molecule has 1 aliphatic carbocycles. The van der Waals surface area contributed by atoms with E-state index in [1.807, 2.05) is 13.0 Å². The van der Waals surface area contributed by atoms with E-state index in [1.165, 1.54) is 21.8 Å². The first kappa shape index (κ1) is 23.2. The highest BCUT2D eigenvalue weighted by Crippen LogP contribution is 2.38. The van der Waals surface area contributed by atoms with Crippen molar-refractivity contribution in [3.05, 3.63) is 63.8 Å². The number of benzene rings is 1. The molecule has 0 unspecified atom stereocenters. The summed E-state index contributed by atoms with van der Waals surface area (Å²) in [6, 6.07) is 10.3. The van der Waals surface area contributed by atoms with Crippen molar-refractivity contribution in [3.8, 4) is 11.1 Å². The zero-order valence-electron chi connectivity index (χ0n) is 20.2. The monoisotopic (exact) mass is 488 g/mol. The van der Waals surface area contributed by atoms with Gasteiger partial charge in [0.25, 0.3) is 0 Å². The van der Waals surface area contributed by atoms with Gasteiger partial charge in [-0.25, -0.2) is 14.5 Å². The Morgan fingerprint density at radius 3 is 2.66 bits per heavy atom. The smallest absolute Gasteiger partial charge is 0.341 e. The number of carbonyl (C=O) groups is 2. The Morgan fingerprint density at radius 2 is 1.89 bits per heavy atom. The van der Waals surface area contributed by atoms with Crippen molar-refractivity contribution < 1.29 is 14.3 Å². The van der Waals surface area contributed by atoms with Crippen LogP contribution in [0.5, 0.6) is 0 Å². The fourth-order valence-electron chi connectivity index (χ4n) is 4.74. The molecule has 3 heterocycles. The fourth-order valence-corrected chi connectivity index (χ4v) is 6.03. The summed E-state index contributed by atoms with van der Waals surface area (Å²) in [7, 11) is 0. The molecule has 0 bridgehead atoms. The van der Waals surface area contributed by atoms with Crippen molar-refractivity contribution in [1.82, 2.24) is 14.8 Å². The van der Waals surface area contributed by atoms with E-state index in [1.54, 1.807) is 17.8 Å². The van der Waals surface area contributed by atoms with Crippen LogP contribution in [0.1, 0.15) is 51.8 Å². The van der Waals surface area contributed by atoms with Crippen LogP contribution >= 0.6 is 11.3 Å². The lowest BCUT2D eigenvalue weighted by Gasteiger charge is -2.12. The second kappa shape index (κ2) is 9.62. The highest BCUT2D eigenvalue weighted by Gasteiger charge is 2.27. The molecule has 3 aromatic heterocycles. The Bertz CT molecular complexity index is 1420. The molecule has 8 heteroatoms. The molecule has 180 valence electrons. The molecule has 0 saturated carbocycles. The van der Waals surface area contributed by atoms with E-state index in [0.29, 0.717) is 22.8 Å². The molecule has 0 spiro atoms. The molecule has 7 nitrogen and oxygen atoms in total. The van der Waals surface area contributed by atoms with E-state index in [9.17, 15) is 9.59 Å². The van der Waals surface area contributed by atoms with Crippen LogP contribution in [0.4, 0.5) is 5.00 Å². The standard InChI is InChI=1S/C27H28N4O3S/c1-4-34-27(33)24-20-7-5-6-8-21(20)35-26(24)29-22(32)15-31-25-23(17(3)30-31)19(13-14-28-25)18-11-9-16(2)10-12-18/h9-14H,4-8,15H2,1-3H3,(H,29,32). The van der Waals surface area contributed by atoms with Gasteiger partial charge < -0.3 is 10.1 Å². The van der Waals surface area contributed by atoms with Crippen LogP contribution in [0.2, 0.25) is 0 Å². The SMILES string of the molecule is CCOC(=O)c1c(NC(=O)Cn2nc(C)c3c(-c4ccc(C)cc4)ccnc32)sc2c1CCCC2. The zero-order chi connectivity index (χ0) is 24.5. The highest BCUT2D eigenvalue weighted by molar-refractivity contribution is 7.17. The van der Waals surface area contributed by atoms with E-state index in [0.717, 1.165) is 53.5 Å². The lowest BCUT2D eigenvalue weighted by atomic mass is 9.95. The van der Waals surface area contributed by atoms with Crippen molar-refractivity contribution >= 4 is 39.2 Å². The highest BCUT2D eigenvalue weighted by atomic mass is 32.1. The number of hydrogen-bond donors (Lipinski definition) is 1. The van der Waals surface area contributed by atoms with Gasteiger partial charge in [-0.3, -0.25) is 4.79 Å². The molecule has 0 radical (unpaired) electrons. The normalized spacial score (nSPS) is 13.0. The summed E-state index contributed by atoms with van der Waals surface area (Å²) in [6.45, 7) is 6.08. The summed E-state index contributed by atoms with van der Waals surface area (Å²) in [4.78, 5) is 31.5. The van der Waals surface area contributed by atoms with Gasteiger partial charge in [0.05, 0.1) is 17.9 Å². The molecular weight excluding hydrogens is 460 g/mol. The van der Waals surface area contributed by atoms with E-state index in [4.69, 9.17) is 4.74 Å². The predicted octanol–water partition coefficient (Wildman–Crippen LogP) is 5.47. The number of aromatic nitrogens is 3. The quantitative estimate of drug-likeness (QED) is 0.364. The molecule has 0 fully saturated rings. The average molecular weight is 489 g/mol. The molecule has 0 atom stereocenters. The van der Waals surface area contributed by atoms with Crippen molar-refractivity contribution in [2.75, 3.05) is 11.9 Å². The summed E-state index contributed by atoms with van der Waals surface area (Å²) >= 11 is 1.49. The van der Waals surface area contributed by atoms with Gasteiger partial charge in [0.2, 0.25) is 5.91 Å². The molecule has 0 saturated heterocycles. The van der Waals surface area contributed by atoms with Crippen molar-refractivity contribution in [3.63, 3.8) is 0 Å². The van der Waals surface area contributed by atoms with Crippen molar-refractivity contribution in [2.45, 2.75) is 53.0 Å². The average Bonchev–Trinajstić information content (AvgIpc) is 3.36. The summed E-state index contributed by atoms with van der Waals surface area (Å²) in [6.07, 6.45) is 5.65. The number of amides is 1. The molecular formula is C27H28N4O3S. The van der Waals surface area contributed by atoms with E-state index < -0.39 is 0 Å². The minimum atomic E-state index is -0.369. The van der Waals surface area contributed by atoms with Gasteiger partial charge in [-0.05, 0) is 69.2 Å². The zero-order valence-corrected chi connectivity index (χ0v) is 21.0. The number of esters is 1. The van der Waals surface area contributed by atoms with Gasteiger partial charge in [0.15, 0.2) is 5.65 Å². The van der Waals surface area contributed by atoms with Crippen LogP contribution in [0, 0.1) is 13.8 Å². The van der Waals surface area contributed by atoms with Crippen molar-refractivity contribution in [1.29, 1.82) is 0 Å². The Labute approximate surface area is 208 Å². The third kappa shape index (κ3) is 4.46. The van der Waals surface area contributed by atoms with Gasteiger partial charge in [0.1, 0.15) is 11.5 Å². The Kier molecular flexibility index (Phi) is 6.38. The molecule has 35 heavy (non-hydrogen) atoms. The maximum Gasteiger partial charge on any atom is 0.341 e. The molecule has 5 rings (SSSR count). The summed E-state index contributed by atoms with van der Waals surface area (Å²) in [5.74, 6) is -0.618. The minimum absolute atomic E-state index is 0.000473. The number of hydrogen-bond acceptors (Lipinski definition) is 6. The summed E-state index contributed by atoms with van der Waals surface area (Å²) < 4.78 is 6.94. The Balaban J connectivity index is 1.44. The number of carbonyl (C=O) groups excluding carboxylic acids is 2. The summed E-state index contributed by atoms with van der Waals surface area (Å²) in [5.41, 5.74) is 6.33. The number of rotatable bonds is 6. The van der Waals surface area contributed by atoms with Gasteiger partial charge in [-0.2, -0.15) is 5.10 Å². The minimum Gasteiger partial charge on any atom is -0.462 e. The lowest BCUT2D eigenvalue weighted by molar-refractivity contribution is -0.116. The number of anilines is 1. The van der Waals surface area contributed by atoms with E-state index >= 15 is 0 Å². The third-order valence-corrected chi connectivity index (χ3v) is 7.57. The number of nitrogens with one attached hydrogen (secondary N) is 1. The second-order valence-corrected chi connectivity index (χ2v) is 9.96. The van der Waals surface area contributed by atoms with Crippen LogP contribution in [-0.2, 0) is 28.9 Å². The van der Waals surface area contributed by atoms with Crippen LogP contribution in [0.15, 0.2) is 36.5 Å². The van der Waals surface area contributed by atoms with Crippen LogP contribution in [0.25, 0.3) is 22.2 Å². The third-order valence-electron chi connectivity index (χ3n) is 6.37. The first-order valence-corrected chi connectivity index (χ1v) is 12.8.